The Balaban J connectivity index is 2.21. The Kier molecular flexibility index (Phi) is 7.66. The van der Waals surface area contributed by atoms with Gasteiger partial charge in [-0.3, -0.25) is 4.99 Å². The number of nitrogens with zero attached hydrogens (tertiary/aromatic N) is 4. The molecule has 0 fully saturated rings. The van der Waals surface area contributed by atoms with Crippen LogP contribution in [0, 0.1) is 5.82 Å². The van der Waals surface area contributed by atoms with Gasteiger partial charge in [0, 0.05) is 25.3 Å². The number of thiol groups is 1. The first kappa shape index (κ1) is 20.5. The predicted molar refractivity (Wildman–Crippen MR) is 114 cm³/mol. The van der Waals surface area contributed by atoms with Crippen LogP contribution in [0.3, 0.4) is 0 Å². The fourth-order valence-corrected chi connectivity index (χ4v) is 3.14. The molecule has 2 aromatic carbocycles. The number of aliphatic imine (C=N–C) groups is 1. The molecule has 2 aromatic rings. The number of azo groups is 1. The monoisotopic (exact) mass is 390 g/mol. The smallest absolute Gasteiger partial charge is 0.151 e. The van der Waals surface area contributed by atoms with Crippen molar-refractivity contribution in [1.82, 2.24) is 0 Å². The van der Waals surface area contributed by atoms with E-state index >= 15 is 0 Å². The first-order valence-electron chi connectivity index (χ1n) is 8.28. The maximum absolute atomic E-state index is 14.4. The van der Waals surface area contributed by atoms with Gasteiger partial charge in [0.15, 0.2) is 5.82 Å². The number of halogens is 1. The molecule has 1 atom stereocenters. The zero-order chi connectivity index (χ0) is 19.1. The Morgan fingerprint density at radius 1 is 1.15 bits per heavy atom. The van der Waals surface area contributed by atoms with Crippen LogP contribution in [0.4, 0.5) is 21.5 Å². The van der Waals surface area contributed by atoms with E-state index in [-0.39, 0.29) is 11.1 Å². The van der Waals surface area contributed by atoms with Crippen molar-refractivity contribution in [3.05, 3.63) is 53.8 Å². The molecule has 7 heteroatoms. The van der Waals surface area contributed by atoms with Gasteiger partial charge in [-0.2, -0.15) is 17.7 Å². The standard InChI is InChI=1S/C19H23FN4S2/c1-5-26-19(21-13(2)25)14-6-11-18(17(20)12-14)23-22-15-7-9-16(10-8-15)24(3)4/h6-13,25H,5H2,1-4H3. The normalized spacial score (nSPS) is 13.2. The highest BCUT2D eigenvalue weighted by atomic mass is 32.2. The average molecular weight is 391 g/mol. The highest BCUT2D eigenvalue weighted by Crippen LogP contribution is 2.26. The van der Waals surface area contributed by atoms with Gasteiger partial charge < -0.3 is 4.90 Å². The first-order valence-corrected chi connectivity index (χ1v) is 9.78. The molecule has 0 aliphatic rings. The lowest BCUT2D eigenvalue weighted by Crippen LogP contribution is -2.07. The fraction of sp³-hybridized carbons (Fsp3) is 0.316. The molecular formula is C19H23FN4S2. The molecule has 0 aliphatic heterocycles. The minimum Gasteiger partial charge on any atom is -0.378 e. The van der Waals surface area contributed by atoms with Gasteiger partial charge >= 0.3 is 0 Å². The first-order chi connectivity index (χ1) is 12.4. The lowest BCUT2D eigenvalue weighted by Gasteiger charge is -2.11. The van der Waals surface area contributed by atoms with Crippen molar-refractivity contribution in [1.29, 1.82) is 0 Å². The van der Waals surface area contributed by atoms with Crippen molar-refractivity contribution in [3.63, 3.8) is 0 Å². The molecular weight excluding hydrogens is 367 g/mol. The van der Waals surface area contributed by atoms with Crippen LogP contribution in [-0.2, 0) is 0 Å². The summed E-state index contributed by atoms with van der Waals surface area (Å²) in [5.74, 6) is 0.429. The van der Waals surface area contributed by atoms with E-state index < -0.39 is 5.82 Å². The molecule has 0 saturated carbocycles. The topological polar surface area (TPSA) is 40.3 Å². The molecule has 0 N–H and O–H groups in total. The predicted octanol–water partition coefficient (Wildman–Crippen LogP) is 6.08. The van der Waals surface area contributed by atoms with E-state index in [0.29, 0.717) is 5.69 Å². The highest BCUT2D eigenvalue weighted by molar-refractivity contribution is 8.14. The maximum atomic E-state index is 14.4. The second-order valence-corrected chi connectivity index (χ2v) is 7.78. The number of hydrogen-bond donors (Lipinski definition) is 1. The van der Waals surface area contributed by atoms with E-state index in [1.54, 1.807) is 17.8 Å². The summed E-state index contributed by atoms with van der Waals surface area (Å²) >= 11 is 5.85. The molecule has 26 heavy (non-hydrogen) atoms. The molecule has 0 heterocycles. The van der Waals surface area contributed by atoms with E-state index in [0.717, 1.165) is 22.0 Å². The van der Waals surface area contributed by atoms with Crippen LogP contribution in [0.1, 0.15) is 19.4 Å². The zero-order valence-corrected chi connectivity index (χ0v) is 17.1. The van der Waals surface area contributed by atoms with Crippen molar-refractivity contribution < 1.29 is 4.39 Å². The van der Waals surface area contributed by atoms with Crippen LogP contribution in [0.25, 0.3) is 0 Å². The molecule has 2 rings (SSSR count). The summed E-state index contributed by atoms with van der Waals surface area (Å²) in [6.07, 6.45) is 0. The number of hydrogen-bond acceptors (Lipinski definition) is 6. The van der Waals surface area contributed by atoms with Gasteiger partial charge in [0.1, 0.15) is 5.69 Å². The minimum absolute atomic E-state index is 0.142. The molecule has 0 spiro atoms. The van der Waals surface area contributed by atoms with Crippen LogP contribution in [-0.4, -0.2) is 30.3 Å². The lowest BCUT2D eigenvalue weighted by molar-refractivity contribution is 0.628. The fourth-order valence-electron chi connectivity index (χ4n) is 2.15. The van der Waals surface area contributed by atoms with Gasteiger partial charge in [0.2, 0.25) is 0 Å². The summed E-state index contributed by atoms with van der Waals surface area (Å²) in [5, 5.41) is 8.78. The molecule has 0 aromatic heterocycles. The molecule has 138 valence electrons. The van der Waals surface area contributed by atoms with E-state index in [1.807, 2.05) is 63.2 Å². The Morgan fingerprint density at radius 2 is 1.85 bits per heavy atom. The van der Waals surface area contributed by atoms with Crippen LogP contribution in [0.5, 0.6) is 0 Å². The minimum atomic E-state index is -0.424. The number of benzene rings is 2. The Hall–Kier alpha value is -1.86. The van der Waals surface area contributed by atoms with Crippen LogP contribution in [0.2, 0.25) is 0 Å². The Morgan fingerprint density at radius 3 is 2.38 bits per heavy atom. The third-order valence-electron chi connectivity index (χ3n) is 3.42. The average Bonchev–Trinajstić information content (AvgIpc) is 2.60. The molecule has 0 bridgehead atoms. The van der Waals surface area contributed by atoms with Gasteiger partial charge in [0.25, 0.3) is 0 Å². The van der Waals surface area contributed by atoms with Crippen molar-refractivity contribution in [2.45, 2.75) is 19.2 Å². The van der Waals surface area contributed by atoms with Crippen LogP contribution >= 0.6 is 24.4 Å². The summed E-state index contributed by atoms with van der Waals surface area (Å²) in [4.78, 5) is 6.44. The largest absolute Gasteiger partial charge is 0.378 e. The van der Waals surface area contributed by atoms with Crippen molar-refractivity contribution in [2.24, 2.45) is 15.2 Å². The van der Waals surface area contributed by atoms with Crippen LogP contribution in [0.15, 0.2) is 57.7 Å². The molecule has 0 radical (unpaired) electrons. The summed E-state index contributed by atoms with van der Waals surface area (Å²) in [7, 11) is 3.94. The third kappa shape index (κ3) is 5.85. The number of anilines is 1. The van der Waals surface area contributed by atoms with E-state index in [9.17, 15) is 4.39 Å². The SMILES string of the molecule is CCSC(=NC(C)S)c1ccc(N=Nc2ccc(N(C)C)cc2)c(F)c1. The second kappa shape index (κ2) is 9.73. The summed E-state index contributed by atoms with van der Waals surface area (Å²) < 4.78 is 14.4. The molecule has 0 amide bonds. The summed E-state index contributed by atoms with van der Waals surface area (Å²) in [6, 6.07) is 12.5. The van der Waals surface area contributed by atoms with Gasteiger partial charge in [-0.15, -0.1) is 16.9 Å². The summed E-state index contributed by atoms with van der Waals surface area (Å²) in [5.41, 5.74) is 2.67. The van der Waals surface area contributed by atoms with Gasteiger partial charge in [-0.1, -0.05) is 6.92 Å². The van der Waals surface area contributed by atoms with Crippen molar-refractivity contribution in [2.75, 3.05) is 24.7 Å². The van der Waals surface area contributed by atoms with Crippen molar-refractivity contribution in [3.8, 4) is 0 Å². The molecule has 0 aliphatic carbocycles. The van der Waals surface area contributed by atoms with Gasteiger partial charge in [0.05, 0.1) is 16.1 Å². The maximum Gasteiger partial charge on any atom is 0.151 e. The number of rotatable bonds is 6. The third-order valence-corrected chi connectivity index (χ3v) is 4.44. The second-order valence-electron chi connectivity index (χ2n) is 5.78. The highest BCUT2D eigenvalue weighted by Gasteiger charge is 2.09. The van der Waals surface area contributed by atoms with E-state index in [4.69, 9.17) is 0 Å². The number of thioether (sulfide) groups is 1. The summed E-state index contributed by atoms with van der Waals surface area (Å²) in [6.45, 7) is 3.91. The molecule has 4 nitrogen and oxygen atoms in total. The molecule has 0 saturated heterocycles. The zero-order valence-electron chi connectivity index (χ0n) is 15.3. The van der Waals surface area contributed by atoms with Gasteiger partial charge in [-0.25, -0.2) is 4.39 Å². The van der Waals surface area contributed by atoms with E-state index in [2.05, 4.69) is 27.8 Å². The lowest BCUT2D eigenvalue weighted by atomic mass is 10.2. The Labute approximate surface area is 164 Å². The Bertz CT molecular complexity index is 787. The quantitative estimate of drug-likeness (QED) is 0.281. The van der Waals surface area contributed by atoms with Gasteiger partial charge in [-0.05, 0) is 55.1 Å². The van der Waals surface area contributed by atoms with E-state index in [1.165, 1.54) is 6.07 Å². The molecule has 1 unspecified atom stereocenters. The van der Waals surface area contributed by atoms with Crippen LogP contribution < -0.4 is 4.90 Å². The van der Waals surface area contributed by atoms with Crippen molar-refractivity contribution >= 4 is 46.5 Å².